The number of fused-ring (bicyclic) bond motifs is 1. The molecule has 0 unspecified atom stereocenters. The Hall–Kier alpha value is -2.65. The molecule has 0 spiro atoms. The minimum absolute atomic E-state index is 0.256. The third kappa shape index (κ3) is 2.27. The van der Waals surface area contributed by atoms with Crippen molar-refractivity contribution in [2.24, 2.45) is 0 Å². The summed E-state index contributed by atoms with van der Waals surface area (Å²) in [5, 5.41) is 19.4. The summed E-state index contributed by atoms with van der Waals surface area (Å²) >= 11 is 0. The Labute approximate surface area is 108 Å². The van der Waals surface area contributed by atoms with Gasteiger partial charge in [0, 0.05) is 6.07 Å². The number of non-ortho nitro benzene ring substituents is 1. The van der Waals surface area contributed by atoms with Crippen LogP contribution in [0.3, 0.4) is 0 Å². The minimum Gasteiger partial charge on any atom is -0.480 e. The van der Waals surface area contributed by atoms with Gasteiger partial charge in [0.15, 0.2) is 5.52 Å². The number of nitro groups is 1. The lowest BCUT2D eigenvalue weighted by molar-refractivity contribution is -0.383. The van der Waals surface area contributed by atoms with Gasteiger partial charge in [-0.05, 0) is 6.07 Å². The molecule has 0 bridgehead atoms. The van der Waals surface area contributed by atoms with Crippen LogP contribution in [0.5, 0.6) is 0 Å². The van der Waals surface area contributed by atoms with E-state index >= 15 is 0 Å². The normalized spacial score (nSPS) is 11.8. The van der Waals surface area contributed by atoms with Crippen molar-refractivity contribution < 1.29 is 28.0 Å². The molecule has 0 radical (unpaired) electrons. The van der Waals surface area contributed by atoms with Gasteiger partial charge in [-0.2, -0.15) is 13.2 Å². The molecule has 0 saturated heterocycles. The predicted molar refractivity (Wildman–Crippen MR) is 59.0 cm³/mol. The van der Waals surface area contributed by atoms with Gasteiger partial charge >= 0.3 is 12.1 Å². The van der Waals surface area contributed by atoms with Crippen LogP contribution in [-0.4, -0.2) is 25.6 Å². The van der Waals surface area contributed by atoms with E-state index in [1.54, 1.807) is 0 Å². The summed E-state index contributed by atoms with van der Waals surface area (Å²) in [5.41, 5.74) is -1.36. The van der Waals surface area contributed by atoms with Crippen molar-refractivity contribution in [3.05, 3.63) is 34.1 Å². The molecule has 106 valence electrons. The summed E-state index contributed by atoms with van der Waals surface area (Å²) in [4.78, 5) is 23.7. The Morgan fingerprint density at radius 2 is 2.10 bits per heavy atom. The Morgan fingerprint density at radius 3 is 2.60 bits per heavy atom. The summed E-state index contributed by atoms with van der Waals surface area (Å²) in [5.74, 6) is -2.99. The van der Waals surface area contributed by atoms with Crippen LogP contribution in [0.1, 0.15) is 5.82 Å². The van der Waals surface area contributed by atoms with Gasteiger partial charge in [-0.25, -0.2) is 4.98 Å². The average Bonchev–Trinajstić information content (AvgIpc) is 2.67. The van der Waals surface area contributed by atoms with Crippen LogP contribution >= 0.6 is 0 Å². The highest BCUT2D eigenvalue weighted by atomic mass is 19.4. The number of nitrogens with zero attached hydrogens (tertiary/aromatic N) is 3. The largest absolute Gasteiger partial charge is 0.480 e. The molecule has 0 aliphatic heterocycles. The van der Waals surface area contributed by atoms with Crippen molar-refractivity contribution in [3.63, 3.8) is 0 Å². The second-order valence-electron chi connectivity index (χ2n) is 3.82. The van der Waals surface area contributed by atoms with E-state index in [4.69, 9.17) is 5.11 Å². The molecular weight excluding hydrogens is 283 g/mol. The number of aromatic nitrogens is 2. The van der Waals surface area contributed by atoms with Gasteiger partial charge in [0.2, 0.25) is 5.82 Å². The molecule has 0 fully saturated rings. The molecule has 0 aliphatic rings. The zero-order valence-corrected chi connectivity index (χ0v) is 9.59. The van der Waals surface area contributed by atoms with Crippen LogP contribution in [0, 0.1) is 10.1 Å². The maximum Gasteiger partial charge on any atom is 0.449 e. The lowest BCUT2D eigenvalue weighted by Gasteiger charge is -2.08. The second kappa shape index (κ2) is 4.47. The van der Waals surface area contributed by atoms with E-state index in [0.29, 0.717) is 4.57 Å². The third-order valence-electron chi connectivity index (χ3n) is 2.50. The molecule has 0 atom stereocenters. The maximum absolute atomic E-state index is 12.8. The molecule has 0 aliphatic carbocycles. The molecule has 0 saturated carbocycles. The first-order chi connectivity index (χ1) is 9.21. The number of nitro benzene ring substituents is 1. The third-order valence-corrected chi connectivity index (χ3v) is 2.50. The zero-order valence-electron chi connectivity index (χ0n) is 9.59. The predicted octanol–water partition coefficient (Wildman–Crippen LogP) is 2.05. The van der Waals surface area contributed by atoms with Crippen molar-refractivity contribution in [1.82, 2.24) is 9.55 Å². The number of carboxylic acid groups (broad SMARTS) is 1. The summed E-state index contributed by atoms with van der Waals surface area (Å²) < 4.78 is 38.9. The number of benzene rings is 1. The van der Waals surface area contributed by atoms with Gasteiger partial charge in [-0.15, -0.1) is 0 Å². The summed E-state index contributed by atoms with van der Waals surface area (Å²) in [7, 11) is 0. The van der Waals surface area contributed by atoms with E-state index in [9.17, 15) is 28.1 Å². The fourth-order valence-corrected chi connectivity index (χ4v) is 1.79. The molecule has 1 aromatic heterocycles. The highest BCUT2D eigenvalue weighted by Crippen LogP contribution is 2.34. The number of hydrogen-bond donors (Lipinski definition) is 1. The smallest absolute Gasteiger partial charge is 0.449 e. The van der Waals surface area contributed by atoms with Crippen molar-refractivity contribution in [2.75, 3.05) is 0 Å². The van der Waals surface area contributed by atoms with E-state index in [-0.39, 0.29) is 5.52 Å². The van der Waals surface area contributed by atoms with Crippen molar-refractivity contribution >= 4 is 22.7 Å². The molecule has 1 heterocycles. The molecule has 20 heavy (non-hydrogen) atoms. The number of alkyl halides is 3. The zero-order chi connectivity index (χ0) is 15.1. The molecule has 0 amide bonds. The molecular formula is C10H6F3N3O4. The van der Waals surface area contributed by atoms with Crippen LogP contribution in [0.15, 0.2) is 18.2 Å². The lowest BCUT2D eigenvalue weighted by atomic mass is 10.2. The van der Waals surface area contributed by atoms with Gasteiger partial charge in [-0.1, -0.05) is 6.07 Å². The number of halogens is 3. The molecule has 1 aromatic carbocycles. The quantitative estimate of drug-likeness (QED) is 0.688. The Kier molecular flexibility index (Phi) is 3.08. The number of carbonyl (C=O) groups is 1. The van der Waals surface area contributed by atoms with Crippen molar-refractivity contribution in [2.45, 2.75) is 12.7 Å². The van der Waals surface area contributed by atoms with Crippen molar-refractivity contribution in [3.8, 4) is 0 Å². The van der Waals surface area contributed by atoms with Crippen molar-refractivity contribution in [1.29, 1.82) is 0 Å². The first-order valence-corrected chi connectivity index (χ1v) is 5.14. The van der Waals surface area contributed by atoms with Crippen LogP contribution in [-0.2, 0) is 17.5 Å². The van der Waals surface area contributed by atoms with Gasteiger partial charge < -0.3 is 9.67 Å². The number of aliphatic carboxylic acids is 1. The van der Waals surface area contributed by atoms with Crippen LogP contribution in [0.2, 0.25) is 0 Å². The lowest BCUT2D eigenvalue weighted by Crippen LogP contribution is -2.18. The standard InChI is InChI=1S/C10H6F3N3O4/c11-10(12,13)9-14-8-5(15(9)4-7(17)18)2-1-3-6(8)16(19)20/h1-3H,4H2,(H,17,18). The van der Waals surface area contributed by atoms with Crippen LogP contribution in [0.25, 0.3) is 11.0 Å². The first-order valence-electron chi connectivity index (χ1n) is 5.14. The molecule has 7 nitrogen and oxygen atoms in total. The van der Waals surface area contributed by atoms with E-state index < -0.39 is 40.6 Å². The number of para-hydroxylation sites is 1. The van der Waals surface area contributed by atoms with Gasteiger partial charge in [0.25, 0.3) is 5.69 Å². The topological polar surface area (TPSA) is 98.3 Å². The highest BCUT2D eigenvalue weighted by Gasteiger charge is 2.39. The minimum atomic E-state index is -4.91. The van der Waals surface area contributed by atoms with E-state index in [1.807, 2.05) is 0 Å². The second-order valence-corrected chi connectivity index (χ2v) is 3.82. The van der Waals surface area contributed by atoms with Gasteiger partial charge in [0.1, 0.15) is 6.54 Å². The Bertz CT molecular complexity index is 708. The molecule has 2 aromatic rings. The Balaban J connectivity index is 2.82. The van der Waals surface area contributed by atoms with Crippen LogP contribution < -0.4 is 0 Å². The van der Waals surface area contributed by atoms with E-state index in [1.165, 1.54) is 6.07 Å². The monoisotopic (exact) mass is 289 g/mol. The maximum atomic E-state index is 12.8. The van der Waals surface area contributed by atoms with Gasteiger partial charge in [-0.3, -0.25) is 14.9 Å². The van der Waals surface area contributed by atoms with E-state index in [0.717, 1.165) is 12.1 Å². The number of rotatable bonds is 3. The Morgan fingerprint density at radius 1 is 1.45 bits per heavy atom. The summed E-state index contributed by atoms with van der Waals surface area (Å²) in [6.45, 7) is -0.994. The van der Waals surface area contributed by atoms with Crippen LogP contribution in [0.4, 0.5) is 18.9 Å². The molecule has 10 heteroatoms. The molecule has 2 rings (SSSR count). The number of hydrogen-bond acceptors (Lipinski definition) is 4. The average molecular weight is 289 g/mol. The first kappa shape index (κ1) is 13.8. The number of imidazole rings is 1. The number of carboxylic acids is 1. The van der Waals surface area contributed by atoms with Gasteiger partial charge in [0.05, 0.1) is 10.4 Å². The summed E-state index contributed by atoms with van der Waals surface area (Å²) in [6, 6.07) is 3.31. The SMILES string of the molecule is O=C(O)Cn1c(C(F)(F)F)nc2c([N+](=O)[O-])cccc21. The fourth-order valence-electron chi connectivity index (χ4n) is 1.79. The molecule has 1 N–H and O–H groups in total. The fraction of sp³-hybridized carbons (Fsp3) is 0.200. The summed E-state index contributed by atoms with van der Waals surface area (Å²) in [6.07, 6.45) is -4.91. The van der Waals surface area contributed by atoms with E-state index in [2.05, 4.69) is 4.98 Å². The highest BCUT2D eigenvalue weighted by molar-refractivity contribution is 5.86.